The van der Waals surface area contributed by atoms with Crippen molar-refractivity contribution in [3.05, 3.63) is 69.0 Å². The van der Waals surface area contributed by atoms with Crippen molar-refractivity contribution in [2.75, 3.05) is 18.7 Å². The Morgan fingerprint density at radius 1 is 1.18 bits per heavy atom. The van der Waals surface area contributed by atoms with Crippen molar-refractivity contribution in [1.82, 2.24) is 15.4 Å². The number of nitrogens with one attached hydrogen (secondary N) is 1. The first-order valence-electron chi connectivity index (χ1n) is 8.77. The molecule has 6 nitrogen and oxygen atoms in total. The van der Waals surface area contributed by atoms with E-state index in [-0.39, 0.29) is 5.76 Å². The van der Waals surface area contributed by atoms with Gasteiger partial charge in [-0.3, -0.25) is 5.01 Å². The second kappa shape index (κ2) is 7.58. The third-order valence-electron chi connectivity index (χ3n) is 4.46. The molecule has 1 aliphatic rings. The second-order valence-corrected chi connectivity index (χ2v) is 7.70. The van der Waals surface area contributed by atoms with Crippen LogP contribution in [0.15, 0.2) is 52.7 Å². The van der Waals surface area contributed by atoms with Crippen LogP contribution < -0.4 is 10.4 Å². The zero-order valence-electron chi connectivity index (χ0n) is 15.3. The van der Waals surface area contributed by atoms with Gasteiger partial charge < -0.3 is 9.84 Å². The van der Waals surface area contributed by atoms with E-state index in [0.29, 0.717) is 39.9 Å². The van der Waals surface area contributed by atoms with E-state index >= 15 is 0 Å². The summed E-state index contributed by atoms with van der Waals surface area (Å²) in [4.78, 5) is 9.42. The molecule has 1 unspecified atom stereocenters. The van der Waals surface area contributed by atoms with Gasteiger partial charge in [0.1, 0.15) is 6.04 Å². The van der Waals surface area contributed by atoms with Crippen LogP contribution in [0.2, 0.25) is 5.02 Å². The van der Waals surface area contributed by atoms with Crippen molar-refractivity contribution >= 4 is 50.1 Å². The summed E-state index contributed by atoms with van der Waals surface area (Å²) < 4.78 is 6.78. The zero-order chi connectivity index (χ0) is 19.8. The highest BCUT2D eigenvalue weighted by molar-refractivity contribution is 9.10. The first-order valence-corrected chi connectivity index (χ1v) is 9.94. The van der Waals surface area contributed by atoms with E-state index in [9.17, 15) is 5.11 Å². The molecule has 1 aliphatic heterocycles. The van der Waals surface area contributed by atoms with Crippen LogP contribution in [-0.4, -0.2) is 28.7 Å². The van der Waals surface area contributed by atoms with Gasteiger partial charge in [0.05, 0.1) is 17.6 Å². The van der Waals surface area contributed by atoms with E-state index in [0.717, 1.165) is 10.0 Å². The van der Waals surface area contributed by atoms with Gasteiger partial charge in [-0.15, -0.1) is 0 Å². The fourth-order valence-electron chi connectivity index (χ4n) is 3.15. The van der Waals surface area contributed by atoms with Gasteiger partial charge in [-0.25, -0.2) is 15.4 Å². The van der Waals surface area contributed by atoms with E-state index in [4.69, 9.17) is 26.3 Å². The summed E-state index contributed by atoms with van der Waals surface area (Å²) in [6.07, 6.45) is 0. The topological polar surface area (TPSA) is 70.5 Å². The summed E-state index contributed by atoms with van der Waals surface area (Å²) in [5, 5.41) is 13.4. The molecule has 8 heteroatoms. The van der Waals surface area contributed by atoms with Crippen LogP contribution in [0.1, 0.15) is 24.2 Å². The normalized spacial score (nSPS) is 16.9. The molecule has 0 radical (unpaired) electrons. The number of aromatic nitrogens is 2. The molecule has 28 heavy (non-hydrogen) atoms. The van der Waals surface area contributed by atoms with Gasteiger partial charge in [-0.1, -0.05) is 39.7 Å². The molecule has 2 aromatic carbocycles. The highest BCUT2D eigenvalue weighted by Gasteiger charge is 2.31. The number of nitrogens with zero attached hydrogens (tertiary/aromatic N) is 3. The van der Waals surface area contributed by atoms with Gasteiger partial charge in [0.15, 0.2) is 23.0 Å². The molecule has 0 aliphatic carbocycles. The smallest absolute Gasteiger partial charge is 0.188 e. The molecule has 2 heterocycles. The number of benzene rings is 2. The second-order valence-electron chi connectivity index (χ2n) is 6.35. The molecule has 4 rings (SSSR count). The van der Waals surface area contributed by atoms with Crippen LogP contribution in [0.5, 0.6) is 0 Å². The summed E-state index contributed by atoms with van der Waals surface area (Å²) in [6.45, 7) is 2.24. The Kier molecular flexibility index (Phi) is 5.14. The van der Waals surface area contributed by atoms with Crippen molar-refractivity contribution in [3.8, 4) is 0 Å². The van der Waals surface area contributed by atoms with Gasteiger partial charge >= 0.3 is 0 Å². The van der Waals surface area contributed by atoms with E-state index < -0.39 is 6.04 Å². The Hall–Kier alpha value is -2.35. The number of aliphatic hydroxyl groups is 1. The lowest BCUT2D eigenvalue weighted by Crippen LogP contribution is -2.38. The van der Waals surface area contributed by atoms with Crippen molar-refractivity contribution < 1.29 is 9.84 Å². The van der Waals surface area contributed by atoms with E-state index in [1.165, 1.54) is 0 Å². The number of hydrazine groups is 1. The Morgan fingerprint density at radius 2 is 1.93 bits per heavy atom. The third-order valence-corrected chi connectivity index (χ3v) is 5.23. The minimum absolute atomic E-state index is 0.0467. The van der Waals surface area contributed by atoms with Gasteiger partial charge in [0.25, 0.3) is 0 Å². The Bertz CT molecular complexity index is 1070. The van der Waals surface area contributed by atoms with Crippen molar-refractivity contribution in [2.24, 2.45) is 0 Å². The Balaban J connectivity index is 1.93. The van der Waals surface area contributed by atoms with Gasteiger partial charge in [-0.05, 0) is 42.8 Å². The molecule has 0 amide bonds. The van der Waals surface area contributed by atoms with Gasteiger partial charge in [0, 0.05) is 16.5 Å². The lowest BCUT2D eigenvalue weighted by molar-refractivity contribution is 0.261. The molecule has 2 N–H and O–H groups in total. The van der Waals surface area contributed by atoms with E-state index in [1.54, 1.807) is 17.1 Å². The Morgan fingerprint density at radius 3 is 2.64 bits per heavy atom. The fraction of sp³-hybridized carbons (Fsp3) is 0.200. The van der Waals surface area contributed by atoms with Crippen LogP contribution in [-0.2, 0) is 4.74 Å². The number of hydrogen-bond donors (Lipinski definition) is 2. The maximum absolute atomic E-state index is 11.1. The Labute approximate surface area is 175 Å². The quantitative estimate of drug-likeness (QED) is 0.572. The highest BCUT2D eigenvalue weighted by atomic mass is 79.9. The van der Waals surface area contributed by atoms with Gasteiger partial charge in [-0.2, -0.15) is 0 Å². The number of fused-ring (bicyclic) bond motifs is 2. The lowest BCUT2D eigenvalue weighted by atomic mass is 10.0. The number of hydrogen-bond acceptors (Lipinski definition) is 6. The van der Waals surface area contributed by atoms with Crippen LogP contribution in [0.3, 0.4) is 0 Å². The van der Waals surface area contributed by atoms with E-state index in [2.05, 4.69) is 21.4 Å². The summed E-state index contributed by atoms with van der Waals surface area (Å²) in [7, 11) is 1.84. The van der Waals surface area contributed by atoms with Crippen LogP contribution in [0.4, 0.5) is 5.82 Å². The van der Waals surface area contributed by atoms with Crippen molar-refractivity contribution in [2.45, 2.75) is 13.0 Å². The molecular weight excluding hydrogens is 444 g/mol. The predicted octanol–water partition coefficient (Wildman–Crippen LogP) is 5.00. The summed E-state index contributed by atoms with van der Waals surface area (Å²) in [5.74, 6) is 0.909. The lowest BCUT2D eigenvalue weighted by Gasteiger charge is -2.24. The average Bonchev–Trinajstić information content (AvgIpc) is 2.78. The molecule has 1 aromatic heterocycles. The minimum atomic E-state index is -0.512. The summed E-state index contributed by atoms with van der Waals surface area (Å²) >= 11 is 9.56. The van der Waals surface area contributed by atoms with E-state index in [1.807, 2.05) is 44.3 Å². The maximum atomic E-state index is 11.1. The first kappa shape index (κ1) is 19.0. The number of rotatable bonds is 3. The molecule has 1 atom stereocenters. The SMILES string of the molecule is CCOC1=C(O)C(c2ccc(Br)cc2)NN(C)c2nc3ccc(Cl)cc3nc21. The van der Waals surface area contributed by atoms with Crippen LogP contribution >= 0.6 is 27.5 Å². The average molecular weight is 462 g/mol. The minimum Gasteiger partial charge on any atom is -0.506 e. The molecular formula is C20H18BrClN4O2. The van der Waals surface area contributed by atoms with Gasteiger partial charge in [0.2, 0.25) is 0 Å². The standard InChI is InChI=1S/C20H18BrClN4O2/c1-3-28-19-17-20(24-14-9-8-13(22)10-15(14)23-17)26(2)25-16(18(19)27)11-4-6-12(21)7-5-11/h4-10,16,25,27H,3H2,1-2H3. The first-order chi connectivity index (χ1) is 13.5. The molecule has 0 bridgehead atoms. The molecule has 0 fully saturated rings. The molecule has 0 saturated carbocycles. The third kappa shape index (κ3) is 3.41. The monoisotopic (exact) mass is 460 g/mol. The summed E-state index contributed by atoms with van der Waals surface area (Å²) in [5.41, 5.74) is 5.96. The number of ether oxygens (including phenoxy) is 1. The largest absolute Gasteiger partial charge is 0.506 e. The predicted molar refractivity (Wildman–Crippen MR) is 114 cm³/mol. The molecule has 0 saturated heterocycles. The number of aliphatic hydroxyl groups excluding tert-OH is 1. The van der Waals surface area contributed by atoms with Crippen LogP contribution in [0.25, 0.3) is 16.8 Å². The molecule has 144 valence electrons. The molecule has 3 aromatic rings. The van der Waals surface area contributed by atoms with Crippen molar-refractivity contribution in [1.29, 1.82) is 0 Å². The van der Waals surface area contributed by atoms with Crippen molar-refractivity contribution in [3.63, 3.8) is 0 Å². The number of halogens is 2. The zero-order valence-corrected chi connectivity index (χ0v) is 17.6. The summed E-state index contributed by atoms with van der Waals surface area (Å²) in [6, 6.07) is 12.5. The number of anilines is 1. The van der Waals surface area contributed by atoms with Crippen LogP contribution in [0, 0.1) is 0 Å². The highest BCUT2D eigenvalue weighted by Crippen LogP contribution is 2.36. The maximum Gasteiger partial charge on any atom is 0.188 e. The fourth-order valence-corrected chi connectivity index (χ4v) is 3.58. The molecule has 0 spiro atoms.